The monoisotopic (exact) mass is 422 g/mol. The van der Waals surface area contributed by atoms with Gasteiger partial charge in [0.1, 0.15) is 0 Å². The molecule has 0 fully saturated rings. The predicted octanol–water partition coefficient (Wildman–Crippen LogP) is 5.84. The summed E-state index contributed by atoms with van der Waals surface area (Å²) in [6, 6.07) is 0.961. The molecule has 7 heteroatoms. The Labute approximate surface area is 171 Å². The topological polar surface area (TPSA) is 46.2 Å². The first kappa shape index (κ1) is 27.2. The number of hydrogen-bond acceptors (Lipinski definition) is 5. The molecule has 0 aromatic carbocycles. The summed E-state index contributed by atoms with van der Waals surface area (Å²) in [5.41, 5.74) is 0.633. The molecule has 164 valence electrons. The van der Waals surface area contributed by atoms with E-state index >= 15 is 0 Å². The quantitative estimate of drug-likeness (QED) is 0.182. The molecule has 0 radical (unpaired) electrons. The van der Waals surface area contributed by atoms with Crippen LogP contribution < -0.4 is 0 Å². The van der Waals surface area contributed by atoms with Crippen molar-refractivity contribution in [3.8, 4) is 0 Å². The average molecular weight is 423 g/mol. The van der Waals surface area contributed by atoms with E-state index in [1.54, 1.807) is 35.5 Å². The summed E-state index contributed by atoms with van der Waals surface area (Å²) >= 11 is 0. The zero-order valence-electron chi connectivity index (χ0n) is 18.9. The third kappa shape index (κ3) is 11.7. The Kier molecular flexibility index (Phi) is 17.3. The zero-order valence-corrected chi connectivity index (χ0v) is 20.9. The standard InChI is InChI=1S/C20H46O5Si2/c1-7-8-9-10-11-12-13-14-15-16-17-18-19-26(21-2,22-3)20-27(23-4,24-5)25-6/h7-20H2,1-6H3. The molecule has 0 unspecified atom stereocenters. The predicted molar refractivity (Wildman–Crippen MR) is 117 cm³/mol. The Bertz CT molecular complexity index is 315. The van der Waals surface area contributed by atoms with Gasteiger partial charge < -0.3 is 22.1 Å². The van der Waals surface area contributed by atoms with Crippen molar-refractivity contribution >= 4 is 17.4 Å². The molecular formula is C20H46O5Si2. The molecule has 0 saturated carbocycles. The normalized spacial score (nSPS) is 12.7. The fourth-order valence-corrected chi connectivity index (χ4v) is 11.6. The maximum absolute atomic E-state index is 5.86. The Morgan fingerprint density at radius 1 is 0.481 bits per heavy atom. The van der Waals surface area contributed by atoms with Gasteiger partial charge in [-0.2, -0.15) is 0 Å². The van der Waals surface area contributed by atoms with E-state index in [1.807, 2.05) is 0 Å². The van der Waals surface area contributed by atoms with Crippen LogP contribution in [0, 0.1) is 0 Å². The van der Waals surface area contributed by atoms with Crippen LogP contribution in [0.3, 0.4) is 0 Å². The van der Waals surface area contributed by atoms with Gasteiger partial charge in [0.2, 0.25) is 0 Å². The second-order valence-corrected chi connectivity index (χ2v) is 14.6. The highest BCUT2D eigenvalue weighted by Gasteiger charge is 2.51. The average Bonchev–Trinajstić information content (AvgIpc) is 2.72. The lowest BCUT2D eigenvalue weighted by Gasteiger charge is -2.34. The minimum Gasteiger partial charge on any atom is -0.398 e. The van der Waals surface area contributed by atoms with Crippen LogP contribution in [0.2, 0.25) is 11.7 Å². The van der Waals surface area contributed by atoms with Crippen molar-refractivity contribution in [2.24, 2.45) is 0 Å². The van der Waals surface area contributed by atoms with Crippen molar-refractivity contribution in [2.45, 2.75) is 95.7 Å². The van der Waals surface area contributed by atoms with E-state index < -0.39 is 17.4 Å². The fraction of sp³-hybridized carbons (Fsp3) is 1.00. The molecule has 0 atom stereocenters. The number of unbranched alkanes of at least 4 members (excludes halogenated alkanes) is 11. The van der Waals surface area contributed by atoms with Gasteiger partial charge in [-0.15, -0.1) is 0 Å². The van der Waals surface area contributed by atoms with Crippen molar-refractivity contribution in [3.05, 3.63) is 0 Å². The molecule has 0 saturated heterocycles. The van der Waals surface area contributed by atoms with E-state index in [-0.39, 0.29) is 0 Å². The van der Waals surface area contributed by atoms with E-state index in [9.17, 15) is 0 Å². The van der Waals surface area contributed by atoms with Crippen LogP contribution in [0.1, 0.15) is 84.0 Å². The molecule has 0 aliphatic rings. The summed E-state index contributed by atoms with van der Waals surface area (Å²) in [5.74, 6) is 0. The maximum atomic E-state index is 5.86. The smallest absolute Gasteiger partial charge is 0.398 e. The molecule has 0 aliphatic heterocycles. The molecule has 0 amide bonds. The van der Waals surface area contributed by atoms with Crippen molar-refractivity contribution in [1.82, 2.24) is 0 Å². The van der Waals surface area contributed by atoms with Gasteiger partial charge in [-0.3, -0.25) is 0 Å². The molecule has 0 aromatic rings. The van der Waals surface area contributed by atoms with Crippen LogP contribution in [-0.2, 0) is 22.1 Å². The van der Waals surface area contributed by atoms with E-state index in [1.165, 1.54) is 70.6 Å². The highest BCUT2D eigenvalue weighted by atomic mass is 28.4. The molecule has 0 aliphatic carbocycles. The summed E-state index contributed by atoms with van der Waals surface area (Å²) in [6.07, 6.45) is 16.2. The summed E-state index contributed by atoms with van der Waals surface area (Å²) < 4.78 is 28.5. The molecule has 0 bridgehead atoms. The second kappa shape index (κ2) is 17.1. The first-order valence-corrected chi connectivity index (χ1v) is 15.0. The van der Waals surface area contributed by atoms with Crippen LogP contribution in [-0.4, -0.2) is 52.9 Å². The van der Waals surface area contributed by atoms with Crippen LogP contribution in [0.4, 0.5) is 0 Å². The van der Waals surface area contributed by atoms with Crippen molar-refractivity contribution in [3.63, 3.8) is 0 Å². The van der Waals surface area contributed by atoms with Gasteiger partial charge in [-0.05, 0) is 6.04 Å². The fourth-order valence-electron chi connectivity index (χ4n) is 3.55. The second-order valence-electron chi connectivity index (χ2n) is 7.43. The summed E-state index contributed by atoms with van der Waals surface area (Å²) in [6.45, 7) is 2.27. The maximum Gasteiger partial charge on any atom is 0.502 e. The molecule has 0 N–H and O–H groups in total. The Hall–Kier alpha value is 0.234. The van der Waals surface area contributed by atoms with Crippen molar-refractivity contribution < 1.29 is 22.1 Å². The minimum atomic E-state index is -2.69. The van der Waals surface area contributed by atoms with Crippen LogP contribution >= 0.6 is 0 Å². The lowest BCUT2D eigenvalue weighted by molar-refractivity contribution is 0.122. The third-order valence-corrected chi connectivity index (χ3v) is 13.9. The molecule has 0 rings (SSSR count). The molecule has 0 heterocycles. The first-order chi connectivity index (χ1) is 13.1. The lowest BCUT2D eigenvalue weighted by atomic mass is 10.1. The summed E-state index contributed by atoms with van der Waals surface area (Å²) in [4.78, 5) is 0. The van der Waals surface area contributed by atoms with Gasteiger partial charge in [0, 0.05) is 35.5 Å². The van der Waals surface area contributed by atoms with Gasteiger partial charge in [0.25, 0.3) is 0 Å². The molecule has 0 spiro atoms. The number of rotatable bonds is 20. The van der Waals surface area contributed by atoms with Gasteiger partial charge in [0.15, 0.2) is 0 Å². The summed E-state index contributed by atoms with van der Waals surface area (Å²) in [5, 5.41) is 0. The highest BCUT2D eigenvalue weighted by Crippen LogP contribution is 2.28. The van der Waals surface area contributed by atoms with Gasteiger partial charge in [0.05, 0.1) is 5.67 Å². The number of hydrogen-bond donors (Lipinski definition) is 0. The molecule has 0 aromatic heterocycles. The Morgan fingerprint density at radius 2 is 0.852 bits per heavy atom. The minimum absolute atomic E-state index is 0.633. The van der Waals surface area contributed by atoms with E-state index in [2.05, 4.69) is 6.92 Å². The van der Waals surface area contributed by atoms with E-state index in [4.69, 9.17) is 22.1 Å². The molecule has 27 heavy (non-hydrogen) atoms. The van der Waals surface area contributed by atoms with Gasteiger partial charge >= 0.3 is 17.4 Å². The molecular weight excluding hydrogens is 376 g/mol. The third-order valence-electron chi connectivity index (χ3n) is 5.57. The van der Waals surface area contributed by atoms with Gasteiger partial charge in [-0.25, -0.2) is 0 Å². The van der Waals surface area contributed by atoms with Crippen molar-refractivity contribution in [1.29, 1.82) is 0 Å². The zero-order chi connectivity index (χ0) is 20.4. The SMILES string of the molecule is CCCCCCCCCCCCCC[Si](C[Si](OC)(OC)OC)(OC)OC. The van der Waals surface area contributed by atoms with Crippen molar-refractivity contribution in [2.75, 3.05) is 35.5 Å². The van der Waals surface area contributed by atoms with Crippen LogP contribution in [0.5, 0.6) is 0 Å². The van der Waals surface area contributed by atoms with E-state index in [0.29, 0.717) is 5.67 Å². The lowest BCUT2D eigenvalue weighted by Crippen LogP contribution is -2.54. The summed E-state index contributed by atoms with van der Waals surface area (Å²) in [7, 11) is 3.39. The first-order valence-electron chi connectivity index (χ1n) is 10.8. The molecule has 5 nitrogen and oxygen atoms in total. The van der Waals surface area contributed by atoms with Crippen LogP contribution in [0.25, 0.3) is 0 Å². The van der Waals surface area contributed by atoms with Crippen LogP contribution in [0.15, 0.2) is 0 Å². The van der Waals surface area contributed by atoms with Gasteiger partial charge in [-0.1, -0.05) is 84.0 Å². The largest absolute Gasteiger partial charge is 0.502 e. The highest BCUT2D eigenvalue weighted by molar-refractivity contribution is 6.83. The van der Waals surface area contributed by atoms with E-state index in [0.717, 1.165) is 12.5 Å². The Balaban J connectivity index is 3.96. The Morgan fingerprint density at radius 3 is 1.19 bits per heavy atom.